The number of hydrogen-bond acceptors (Lipinski definition) is 3. The number of hydrogen-bond donors (Lipinski definition) is 3. The average molecular weight is 414 g/mol. The van der Waals surface area contributed by atoms with E-state index in [2.05, 4.69) is 30.4 Å². The average Bonchev–Trinajstić information content (AvgIpc) is 2.75. The summed E-state index contributed by atoms with van der Waals surface area (Å²) in [5.74, 6) is 1.97. The van der Waals surface area contributed by atoms with Gasteiger partial charge in [0, 0.05) is 12.1 Å². The summed E-state index contributed by atoms with van der Waals surface area (Å²) in [7, 11) is 3.41. The van der Waals surface area contributed by atoms with E-state index in [0.29, 0.717) is 13.1 Å². The number of quaternary nitrogens is 2. The van der Waals surface area contributed by atoms with Crippen LogP contribution in [0.1, 0.15) is 16.7 Å². The first-order valence-electron chi connectivity index (χ1n) is 10.8. The third-order valence-corrected chi connectivity index (χ3v) is 5.86. The molecule has 0 bridgehead atoms. The van der Waals surface area contributed by atoms with Crippen molar-refractivity contribution in [2.45, 2.75) is 19.9 Å². The summed E-state index contributed by atoms with van der Waals surface area (Å²) in [6, 6.07) is 14.3. The molecule has 162 valence electrons. The van der Waals surface area contributed by atoms with Crippen molar-refractivity contribution in [2.24, 2.45) is 0 Å². The number of piperazine rings is 1. The number of benzene rings is 2. The van der Waals surface area contributed by atoms with Gasteiger partial charge in [0.1, 0.15) is 44.2 Å². The first-order chi connectivity index (χ1) is 14.6. The molecule has 0 unspecified atom stereocenters. The molecule has 30 heavy (non-hydrogen) atoms. The lowest BCUT2D eigenvalue weighted by Crippen LogP contribution is -3.28. The van der Waals surface area contributed by atoms with Crippen molar-refractivity contribution >= 4 is 5.91 Å². The van der Waals surface area contributed by atoms with Gasteiger partial charge in [0.15, 0.2) is 6.54 Å². The predicted octanol–water partition coefficient (Wildman–Crippen LogP) is -0.345. The second-order valence-corrected chi connectivity index (χ2v) is 8.08. The van der Waals surface area contributed by atoms with E-state index < -0.39 is 0 Å². The van der Waals surface area contributed by atoms with Crippen LogP contribution in [0.5, 0.6) is 11.5 Å². The quantitative estimate of drug-likeness (QED) is 0.527. The maximum Gasteiger partial charge on any atom is 0.275 e. The molecule has 6 heteroatoms. The molecule has 0 spiro atoms. The molecule has 0 aromatic heterocycles. The molecule has 1 aliphatic heterocycles. The third-order valence-electron chi connectivity index (χ3n) is 5.86. The SMILES string of the molecule is COc1ccccc1CCNC(=O)C[NH+]1CC[NH+](Cc2cc(C)ccc2OC)CC1. The Morgan fingerprint density at radius 1 is 0.933 bits per heavy atom. The van der Waals surface area contributed by atoms with E-state index in [1.807, 2.05) is 24.3 Å². The Bertz CT molecular complexity index is 832. The number of nitrogens with one attached hydrogen (secondary N) is 3. The van der Waals surface area contributed by atoms with Crippen LogP contribution < -0.4 is 24.6 Å². The second-order valence-electron chi connectivity index (χ2n) is 8.08. The Hall–Kier alpha value is -2.57. The normalized spacial score (nSPS) is 18.6. The molecular weight excluding hydrogens is 378 g/mol. The Labute approximate surface area is 179 Å². The van der Waals surface area contributed by atoms with Gasteiger partial charge in [-0.15, -0.1) is 0 Å². The van der Waals surface area contributed by atoms with Crippen LogP contribution in [-0.4, -0.2) is 59.4 Å². The Balaban J connectivity index is 1.39. The number of methoxy groups -OCH3 is 2. The van der Waals surface area contributed by atoms with Gasteiger partial charge >= 0.3 is 0 Å². The standard InChI is InChI=1S/C24H33N3O3/c1-19-8-9-23(30-3)21(16-19)17-26-12-14-27(15-13-26)18-24(28)25-11-10-20-6-4-5-7-22(20)29-2/h4-9,16H,10-15,17-18H2,1-3H3,(H,25,28)/p+2. The van der Waals surface area contributed by atoms with Gasteiger partial charge in [0.05, 0.1) is 14.2 Å². The summed E-state index contributed by atoms with van der Waals surface area (Å²) in [4.78, 5) is 15.3. The van der Waals surface area contributed by atoms with Crippen LogP contribution in [0.15, 0.2) is 42.5 Å². The molecule has 2 aromatic rings. The molecule has 6 nitrogen and oxygen atoms in total. The Morgan fingerprint density at radius 3 is 2.33 bits per heavy atom. The highest BCUT2D eigenvalue weighted by Crippen LogP contribution is 2.18. The summed E-state index contributed by atoms with van der Waals surface area (Å²) in [5, 5.41) is 3.06. The van der Waals surface area contributed by atoms with Crippen molar-refractivity contribution in [2.75, 3.05) is 53.5 Å². The highest BCUT2D eigenvalue weighted by atomic mass is 16.5. The summed E-state index contributed by atoms with van der Waals surface area (Å²) in [5.41, 5.74) is 3.65. The van der Waals surface area contributed by atoms with Crippen molar-refractivity contribution in [1.82, 2.24) is 5.32 Å². The number of amides is 1. The minimum Gasteiger partial charge on any atom is -0.496 e. The third kappa shape index (κ3) is 6.21. The number of ether oxygens (including phenoxy) is 2. The fraction of sp³-hybridized carbons (Fsp3) is 0.458. The van der Waals surface area contributed by atoms with E-state index in [-0.39, 0.29) is 5.91 Å². The zero-order valence-corrected chi connectivity index (χ0v) is 18.4. The highest BCUT2D eigenvalue weighted by molar-refractivity contribution is 5.76. The van der Waals surface area contributed by atoms with Gasteiger partial charge in [-0.2, -0.15) is 0 Å². The predicted molar refractivity (Wildman–Crippen MR) is 117 cm³/mol. The largest absolute Gasteiger partial charge is 0.496 e. The van der Waals surface area contributed by atoms with Gasteiger partial charge in [0.25, 0.3) is 5.91 Å². The Morgan fingerprint density at radius 2 is 1.60 bits per heavy atom. The molecule has 3 rings (SSSR count). The molecule has 0 atom stereocenters. The van der Waals surface area contributed by atoms with E-state index in [1.165, 1.54) is 16.0 Å². The monoisotopic (exact) mass is 413 g/mol. The molecule has 0 radical (unpaired) electrons. The van der Waals surface area contributed by atoms with Gasteiger partial charge in [-0.25, -0.2) is 0 Å². The van der Waals surface area contributed by atoms with Gasteiger partial charge < -0.3 is 24.6 Å². The number of carbonyl (C=O) groups excluding carboxylic acids is 1. The molecule has 2 aromatic carbocycles. The number of aryl methyl sites for hydroxylation is 1. The van der Waals surface area contributed by atoms with Crippen molar-refractivity contribution in [3.63, 3.8) is 0 Å². The van der Waals surface area contributed by atoms with Crippen LogP contribution in [-0.2, 0) is 17.8 Å². The molecule has 0 aliphatic carbocycles. The lowest BCUT2D eigenvalue weighted by Gasteiger charge is -2.29. The molecule has 1 saturated heterocycles. The zero-order chi connectivity index (χ0) is 21.3. The molecule has 3 N–H and O–H groups in total. The van der Waals surface area contributed by atoms with Crippen molar-refractivity contribution in [3.8, 4) is 11.5 Å². The maximum atomic E-state index is 12.4. The lowest BCUT2D eigenvalue weighted by atomic mass is 10.1. The van der Waals surface area contributed by atoms with Gasteiger partial charge in [-0.3, -0.25) is 4.79 Å². The minimum atomic E-state index is 0.128. The number of rotatable bonds is 9. The molecule has 1 amide bonds. The molecule has 1 heterocycles. The fourth-order valence-electron chi connectivity index (χ4n) is 4.16. The van der Waals surface area contributed by atoms with Crippen molar-refractivity contribution in [1.29, 1.82) is 0 Å². The minimum absolute atomic E-state index is 0.128. The molecule has 0 saturated carbocycles. The second kappa shape index (κ2) is 11.0. The van der Waals surface area contributed by atoms with Crippen LogP contribution in [0.2, 0.25) is 0 Å². The van der Waals surface area contributed by atoms with Gasteiger partial charge in [-0.05, 0) is 37.1 Å². The molecule has 1 aliphatic rings. The lowest BCUT2D eigenvalue weighted by molar-refractivity contribution is -1.02. The summed E-state index contributed by atoms with van der Waals surface area (Å²) >= 11 is 0. The highest BCUT2D eigenvalue weighted by Gasteiger charge is 2.25. The van der Waals surface area contributed by atoms with E-state index in [9.17, 15) is 4.79 Å². The van der Waals surface area contributed by atoms with Crippen LogP contribution in [0.25, 0.3) is 0 Å². The van der Waals surface area contributed by atoms with E-state index >= 15 is 0 Å². The van der Waals surface area contributed by atoms with E-state index in [0.717, 1.165) is 56.2 Å². The summed E-state index contributed by atoms with van der Waals surface area (Å²) in [6.45, 7) is 8.45. The topological polar surface area (TPSA) is 56.4 Å². The van der Waals surface area contributed by atoms with Crippen LogP contribution in [0.3, 0.4) is 0 Å². The maximum absolute atomic E-state index is 12.4. The molecule has 1 fully saturated rings. The van der Waals surface area contributed by atoms with Crippen molar-refractivity contribution in [3.05, 3.63) is 59.2 Å². The van der Waals surface area contributed by atoms with E-state index in [1.54, 1.807) is 19.1 Å². The summed E-state index contributed by atoms with van der Waals surface area (Å²) < 4.78 is 10.9. The first-order valence-corrected chi connectivity index (χ1v) is 10.8. The Kier molecular flexibility index (Phi) is 8.11. The zero-order valence-electron chi connectivity index (χ0n) is 18.4. The van der Waals surface area contributed by atoms with E-state index in [4.69, 9.17) is 9.47 Å². The smallest absolute Gasteiger partial charge is 0.275 e. The fourth-order valence-corrected chi connectivity index (χ4v) is 4.16. The number of carbonyl (C=O) groups is 1. The van der Waals surface area contributed by atoms with Crippen LogP contribution in [0, 0.1) is 6.92 Å². The summed E-state index contributed by atoms with van der Waals surface area (Å²) in [6.07, 6.45) is 0.779. The van der Waals surface area contributed by atoms with Gasteiger partial charge in [0.2, 0.25) is 0 Å². The van der Waals surface area contributed by atoms with Gasteiger partial charge in [-0.1, -0.05) is 29.8 Å². The van der Waals surface area contributed by atoms with Crippen molar-refractivity contribution < 1.29 is 24.1 Å². The first kappa shape index (κ1) is 22.1. The molecular formula is C24H35N3O3+2. The van der Waals surface area contributed by atoms with Crippen LogP contribution in [0.4, 0.5) is 0 Å². The number of para-hydroxylation sites is 1. The van der Waals surface area contributed by atoms with Crippen LogP contribution >= 0.6 is 0 Å².